The molecule has 0 saturated carbocycles. The average molecular weight is 297 g/mol. The summed E-state index contributed by atoms with van der Waals surface area (Å²) in [5, 5.41) is 0. The highest BCUT2D eigenvalue weighted by atomic mass is 19.1. The van der Waals surface area contributed by atoms with E-state index >= 15 is 0 Å². The molecule has 0 bridgehead atoms. The van der Waals surface area contributed by atoms with Crippen molar-refractivity contribution in [3.63, 3.8) is 0 Å². The number of ether oxygens (including phenoxy) is 2. The van der Waals surface area contributed by atoms with Gasteiger partial charge in [-0.25, -0.2) is 8.78 Å². The van der Waals surface area contributed by atoms with Gasteiger partial charge < -0.3 is 14.4 Å². The Bertz CT molecular complexity index is 570. The zero-order valence-corrected chi connectivity index (χ0v) is 11.8. The minimum Gasteiger partial charge on any atom is -0.381 e. The summed E-state index contributed by atoms with van der Waals surface area (Å²) in [6.45, 7) is 1.23. The fraction of sp³-hybridized carbons (Fsp3) is 0.533. The summed E-state index contributed by atoms with van der Waals surface area (Å²) in [6, 6.07) is 2.07. The first-order chi connectivity index (χ1) is 10.1. The van der Waals surface area contributed by atoms with Gasteiger partial charge in [-0.3, -0.25) is 4.79 Å². The molecule has 2 heterocycles. The van der Waals surface area contributed by atoms with Gasteiger partial charge in [-0.2, -0.15) is 0 Å². The second kappa shape index (κ2) is 5.35. The molecule has 0 atom stereocenters. The number of benzene rings is 1. The lowest BCUT2D eigenvalue weighted by molar-refractivity contribution is -0.152. The predicted molar refractivity (Wildman–Crippen MR) is 72.2 cm³/mol. The van der Waals surface area contributed by atoms with Crippen molar-refractivity contribution in [2.75, 3.05) is 31.8 Å². The molecule has 0 spiro atoms. The number of carbonyl (C=O) groups is 1. The molecule has 0 N–H and O–H groups in total. The number of carbonyl (C=O) groups excluding carboxylic acids is 1. The lowest BCUT2D eigenvalue weighted by Crippen LogP contribution is -2.53. The van der Waals surface area contributed by atoms with Gasteiger partial charge in [-0.05, 0) is 12.5 Å². The summed E-state index contributed by atoms with van der Waals surface area (Å²) < 4.78 is 38.0. The van der Waals surface area contributed by atoms with E-state index in [1.165, 1.54) is 18.1 Å². The van der Waals surface area contributed by atoms with E-state index in [2.05, 4.69) is 0 Å². The summed E-state index contributed by atoms with van der Waals surface area (Å²) in [6.07, 6.45) is 1.29. The predicted octanol–water partition coefficient (Wildman–Crippen LogP) is 2.05. The maximum Gasteiger partial charge on any atom is 0.259 e. The van der Waals surface area contributed by atoms with Crippen LogP contribution in [0, 0.1) is 11.6 Å². The SMILES string of the molecule is COC1(C(=O)N2CCc3c(F)cc(F)cc32)CCOCC1. The average Bonchev–Trinajstić information content (AvgIpc) is 2.91. The normalized spacial score (nSPS) is 20.4. The van der Waals surface area contributed by atoms with Gasteiger partial charge in [0.15, 0.2) is 5.60 Å². The summed E-state index contributed by atoms with van der Waals surface area (Å²) in [7, 11) is 1.49. The standard InChI is InChI=1S/C15H17F2NO3/c1-20-15(3-6-21-7-4-15)14(19)18-5-2-11-12(17)8-10(16)9-13(11)18/h8-9H,2-7H2,1H3. The van der Waals surface area contributed by atoms with E-state index in [-0.39, 0.29) is 5.91 Å². The molecule has 0 aromatic heterocycles. The Morgan fingerprint density at radius 3 is 2.71 bits per heavy atom. The topological polar surface area (TPSA) is 38.8 Å². The van der Waals surface area contributed by atoms with E-state index in [0.717, 1.165) is 6.07 Å². The second-order valence-electron chi connectivity index (χ2n) is 5.40. The van der Waals surface area contributed by atoms with Crippen molar-refractivity contribution in [3.8, 4) is 0 Å². The number of hydrogen-bond donors (Lipinski definition) is 0. The number of amides is 1. The van der Waals surface area contributed by atoms with Gasteiger partial charge in [0.05, 0.1) is 5.69 Å². The molecular weight excluding hydrogens is 280 g/mol. The van der Waals surface area contributed by atoms with E-state index < -0.39 is 17.2 Å². The van der Waals surface area contributed by atoms with Crippen LogP contribution < -0.4 is 4.90 Å². The zero-order valence-electron chi connectivity index (χ0n) is 11.8. The Labute approximate surface area is 121 Å². The monoisotopic (exact) mass is 297 g/mol. The Morgan fingerprint density at radius 2 is 2.05 bits per heavy atom. The highest BCUT2D eigenvalue weighted by Crippen LogP contribution is 2.35. The second-order valence-corrected chi connectivity index (χ2v) is 5.40. The molecule has 2 aliphatic heterocycles. The van der Waals surface area contributed by atoms with Gasteiger partial charge in [-0.15, -0.1) is 0 Å². The largest absolute Gasteiger partial charge is 0.381 e. The number of methoxy groups -OCH3 is 1. The zero-order chi connectivity index (χ0) is 15.0. The number of halogens is 2. The molecule has 1 amide bonds. The van der Waals surface area contributed by atoms with Crippen LogP contribution in [-0.2, 0) is 20.7 Å². The minimum atomic E-state index is -0.956. The number of anilines is 1. The number of rotatable bonds is 2. The van der Waals surface area contributed by atoms with Gasteiger partial charge in [0.1, 0.15) is 11.6 Å². The molecule has 0 radical (unpaired) electrons. The first kappa shape index (κ1) is 14.4. The van der Waals surface area contributed by atoms with Crippen molar-refractivity contribution in [1.29, 1.82) is 0 Å². The fourth-order valence-electron chi connectivity index (χ4n) is 3.09. The molecule has 1 aromatic rings. The van der Waals surface area contributed by atoms with Gasteiger partial charge in [0.25, 0.3) is 5.91 Å². The summed E-state index contributed by atoms with van der Waals surface area (Å²) in [5.74, 6) is -1.51. The Morgan fingerprint density at radius 1 is 1.33 bits per heavy atom. The minimum absolute atomic E-state index is 0.239. The summed E-state index contributed by atoms with van der Waals surface area (Å²) in [5.41, 5.74) is -0.244. The third-order valence-corrected chi connectivity index (χ3v) is 4.34. The van der Waals surface area contributed by atoms with Crippen molar-refractivity contribution in [2.45, 2.75) is 24.9 Å². The Kier molecular flexibility index (Phi) is 3.67. The molecular formula is C15H17F2NO3. The Balaban J connectivity index is 1.94. The van der Waals surface area contributed by atoms with Gasteiger partial charge in [0, 0.05) is 51.3 Å². The van der Waals surface area contributed by atoms with Crippen LogP contribution in [0.1, 0.15) is 18.4 Å². The van der Waals surface area contributed by atoms with Crippen LogP contribution in [0.5, 0.6) is 0 Å². The number of hydrogen-bond acceptors (Lipinski definition) is 3. The maximum absolute atomic E-state index is 13.8. The molecule has 6 heteroatoms. The highest BCUT2D eigenvalue weighted by Gasteiger charge is 2.45. The van der Waals surface area contributed by atoms with E-state index in [1.807, 2.05) is 0 Å². The van der Waals surface area contributed by atoms with Crippen LogP contribution in [0.3, 0.4) is 0 Å². The first-order valence-electron chi connectivity index (χ1n) is 7.00. The van der Waals surface area contributed by atoms with Crippen molar-refractivity contribution in [1.82, 2.24) is 0 Å². The summed E-state index contributed by atoms with van der Waals surface area (Å²) >= 11 is 0. The van der Waals surface area contributed by atoms with Crippen LogP contribution in [0.2, 0.25) is 0 Å². The number of nitrogens with zero attached hydrogens (tertiary/aromatic N) is 1. The van der Waals surface area contributed by atoms with Crippen LogP contribution in [0.15, 0.2) is 12.1 Å². The Hall–Kier alpha value is -1.53. The lowest BCUT2D eigenvalue weighted by Gasteiger charge is -2.37. The molecule has 2 aliphatic rings. The number of fused-ring (bicyclic) bond motifs is 1. The third kappa shape index (κ3) is 2.32. The molecule has 3 rings (SSSR count). The molecule has 1 aromatic carbocycles. The van der Waals surface area contributed by atoms with Crippen molar-refractivity contribution in [3.05, 3.63) is 29.3 Å². The van der Waals surface area contributed by atoms with E-state index in [0.29, 0.717) is 50.3 Å². The molecule has 1 saturated heterocycles. The van der Waals surface area contributed by atoms with Crippen molar-refractivity contribution >= 4 is 11.6 Å². The van der Waals surface area contributed by atoms with Crippen LogP contribution in [-0.4, -0.2) is 38.4 Å². The van der Waals surface area contributed by atoms with E-state index in [1.54, 1.807) is 0 Å². The third-order valence-electron chi connectivity index (χ3n) is 4.34. The maximum atomic E-state index is 13.8. The first-order valence-corrected chi connectivity index (χ1v) is 7.00. The molecule has 0 aliphatic carbocycles. The highest BCUT2D eigenvalue weighted by molar-refractivity contribution is 6.01. The smallest absolute Gasteiger partial charge is 0.259 e. The van der Waals surface area contributed by atoms with Gasteiger partial charge in [0.2, 0.25) is 0 Å². The van der Waals surface area contributed by atoms with Crippen molar-refractivity contribution in [2.24, 2.45) is 0 Å². The van der Waals surface area contributed by atoms with E-state index in [4.69, 9.17) is 9.47 Å². The molecule has 1 fully saturated rings. The molecule has 21 heavy (non-hydrogen) atoms. The van der Waals surface area contributed by atoms with Crippen LogP contribution in [0.4, 0.5) is 14.5 Å². The summed E-state index contributed by atoms with van der Waals surface area (Å²) in [4.78, 5) is 14.3. The van der Waals surface area contributed by atoms with Crippen LogP contribution >= 0.6 is 0 Å². The van der Waals surface area contributed by atoms with Gasteiger partial charge >= 0.3 is 0 Å². The van der Waals surface area contributed by atoms with Crippen LogP contribution in [0.25, 0.3) is 0 Å². The lowest BCUT2D eigenvalue weighted by atomic mass is 9.92. The quantitative estimate of drug-likeness (QED) is 0.838. The fourth-order valence-corrected chi connectivity index (χ4v) is 3.09. The molecule has 4 nitrogen and oxygen atoms in total. The molecule has 0 unspecified atom stereocenters. The molecule has 114 valence electrons. The van der Waals surface area contributed by atoms with Gasteiger partial charge in [-0.1, -0.05) is 0 Å². The van der Waals surface area contributed by atoms with Crippen molar-refractivity contribution < 1.29 is 23.0 Å². The van der Waals surface area contributed by atoms with E-state index in [9.17, 15) is 13.6 Å².